The summed E-state index contributed by atoms with van der Waals surface area (Å²) in [7, 11) is 1.72. The monoisotopic (exact) mass is 233 g/mol. The first-order valence-electron chi connectivity index (χ1n) is 6.66. The first-order chi connectivity index (χ1) is 8.29. The summed E-state index contributed by atoms with van der Waals surface area (Å²) < 4.78 is 5.24. The molecule has 17 heavy (non-hydrogen) atoms. The highest BCUT2D eigenvalue weighted by molar-refractivity contribution is 5.28. The maximum Gasteiger partial charge on any atom is 0.119 e. The highest BCUT2D eigenvalue weighted by atomic mass is 16.5. The van der Waals surface area contributed by atoms with Crippen molar-refractivity contribution < 1.29 is 4.74 Å². The Morgan fingerprint density at radius 1 is 1.29 bits per heavy atom. The van der Waals surface area contributed by atoms with Crippen molar-refractivity contribution in [2.75, 3.05) is 7.11 Å². The molecule has 2 atom stereocenters. The highest BCUT2D eigenvalue weighted by Gasteiger charge is 2.20. The summed E-state index contributed by atoms with van der Waals surface area (Å²) in [4.78, 5) is 0. The van der Waals surface area contributed by atoms with Crippen molar-refractivity contribution in [3.05, 3.63) is 29.8 Å². The van der Waals surface area contributed by atoms with Crippen molar-refractivity contribution in [2.24, 2.45) is 5.92 Å². The standard InChI is InChI=1S/C15H23NO/c1-12-6-3-4-9-15(12)16-11-13-7-5-8-14(10-13)17-2/h5,7-8,10,12,15-16H,3-4,6,9,11H2,1-2H3/t12-,15-/m0/s1. The van der Waals surface area contributed by atoms with Crippen molar-refractivity contribution >= 4 is 0 Å². The van der Waals surface area contributed by atoms with Gasteiger partial charge in [0, 0.05) is 12.6 Å². The summed E-state index contributed by atoms with van der Waals surface area (Å²) in [5.41, 5.74) is 1.31. The normalized spacial score (nSPS) is 24.6. The van der Waals surface area contributed by atoms with Crippen LogP contribution in [0.2, 0.25) is 0 Å². The molecule has 0 bridgehead atoms. The van der Waals surface area contributed by atoms with Crippen LogP contribution in [0.5, 0.6) is 5.75 Å². The van der Waals surface area contributed by atoms with Gasteiger partial charge < -0.3 is 10.1 Å². The van der Waals surface area contributed by atoms with E-state index in [2.05, 4.69) is 30.4 Å². The van der Waals surface area contributed by atoms with Crippen LogP contribution in [0, 0.1) is 5.92 Å². The van der Waals surface area contributed by atoms with E-state index in [1.54, 1.807) is 7.11 Å². The van der Waals surface area contributed by atoms with Crippen LogP contribution in [0.3, 0.4) is 0 Å². The van der Waals surface area contributed by atoms with Crippen molar-refractivity contribution in [1.29, 1.82) is 0 Å². The number of hydrogen-bond acceptors (Lipinski definition) is 2. The van der Waals surface area contributed by atoms with Gasteiger partial charge in [-0.2, -0.15) is 0 Å². The van der Waals surface area contributed by atoms with E-state index < -0.39 is 0 Å². The van der Waals surface area contributed by atoms with Crippen LogP contribution in [-0.4, -0.2) is 13.2 Å². The average Bonchev–Trinajstić information content (AvgIpc) is 2.38. The van der Waals surface area contributed by atoms with E-state index in [4.69, 9.17) is 4.74 Å². The Hall–Kier alpha value is -1.02. The lowest BCUT2D eigenvalue weighted by Gasteiger charge is -2.29. The largest absolute Gasteiger partial charge is 0.497 e. The average molecular weight is 233 g/mol. The van der Waals surface area contributed by atoms with E-state index in [0.29, 0.717) is 6.04 Å². The van der Waals surface area contributed by atoms with Crippen molar-refractivity contribution in [1.82, 2.24) is 5.32 Å². The summed E-state index contributed by atoms with van der Waals surface area (Å²) in [6, 6.07) is 9.01. The summed E-state index contributed by atoms with van der Waals surface area (Å²) in [6.07, 6.45) is 5.47. The third-order valence-corrected chi connectivity index (χ3v) is 3.81. The molecule has 2 rings (SSSR count). The first kappa shape index (κ1) is 12.4. The molecule has 1 saturated carbocycles. The predicted octanol–water partition coefficient (Wildman–Crippen LogP) is 3.36. The topological polar surface area (TPSA) is 21.3 Å². The highest BCUT2D eigenvalue weighted by Crippen LogP contribution is 2.24. The number of nitrogens with one attached hydrogen (secondary N) is 1. The van der Waals surface area contributed by atoms with Gasteiger partial charge in [-0.25, -0.2) is 0 Å². The number of hydrogen-bond donors (Lipinski definition) is 1. The molecule has 1 aliphatic carbocycles. The fraction of sp³-hybridized carbons (Fsp3) is 0.600. The molecule has 0 amide bonds. The Balaban J connectivity index is 1.88. The van der Waals surface area contributed by atoms with Gasteiger partial charge in [0.25, 0.3) is 0 Å². The molecule has 0 unspecified atom stereocenters. The minimum absolute atomic E-state index is 0.690. The van der Waals surface area contributed by atoms with Gasteiger partial charge >= 0.3 is 0 Å². The molecule has 0 aliphatic heterocycles. The Morgan fingerprint density at radius 2 is 2.12 bits per heavy atom. The SMILES string of the molecule is COc1cccc(CN[C@H]2CCCC[C@@H]2C)c1. The van der Waals surface area contributed by atoms with Crippen LogP contribution < -0.4 is 10.1 Å². The number of ether oxygens (including phenoxy) is 1. The minimum atomic E-state index is 0.690. The number of rotatable bonds is 4. The van der Waals surface area contributed by atoms with Crippen molar-refractivity contribution in [3.8, 4) is 5.75 Å². The van der Waals surface area contributed by atoms with Gasteiger partial charge in [-0.05, 0) is 36.5 Å². The van der Waals surface area contributed by atoms with Crippen LogP contribution in [0.1, 0.15) is 38.2 Å². The second-order valence-electron chi connectivity index (χ2n) is 5.10. The van der Waals surface area contributed by atoms with Gasteiger partial charge in [0.1, 0.15) is 5.75 Å². The molecule has 0 radical (unpaired) electrons. The number of benzene rings is 1. The summed E-state index contributed by atoms with van der Waals surface area (Å²) in [5, 5.41) is 3.68. The fourth-order valence-electron chi connectivity index (χ4n) is 2.65. The van der Waals surface area contributed by atoms with Gasteiger partial charge in [-0.15, -0.1) is 0 Å². The van der Waals surface area contributed by atoms with Gasteiger partial charge in [-0.1, -0.05) is 31.9 Å². The third-order valence-electron chi connectivity index (χ3n) is 3.81. The summed E-state index contributed by atoms with van der Waals surface area (Å²) >= 11 is 0. The molecule has 0 heterocycles. The molecule has 1 aliphatic rings. The molecule has 94 valence electrons. The van der Waals surface area contributed by atoms with Crippen LogP contribution in [0.15, 0.2) is 24.3 Å². The second-order valence-corrected chi connectivity index (χ2v) is 5.10. The quantitative estimate of drug-likeness (QED) is 0.861. The van der Waals surface area contributed by atoms with E-state index >= 15 is 0 Å². The zero-order valence-corrected chi connectivity index (χ0v) is 10.9. The van der Waals surface area contributed by atoms with E-state index in [-0.39, 0.29) is 0 Å². The van der Waals surface area contributed by atoms with Gasteiger partial charge in [-0.3, -0.25) is 0 Å². The van der Waals surface area contributed by atoms with Gasteiger partial charge in [0.15, 0.2) is 0 Å². The van der Waals surface area contributed by atoms with Crippen molar-refractivity contribution in [3.63, 3.8) is 0 Å². The molecule has 1 N–H and O–H groups in total. The van der Waals surface area contributed by atoms with Gasteiger partial charge in [0.05, 0.1) is 7.11 Å². The Morgan fingerprint density at radius 3 is 2.88 bits per heavy atom. The van der Waals surface area contributed by atoms with E-state index in [1.807, 2.05) is 6.07 Å². The molecule has 0 spiro atoms. The minimum Gasteiger partial charge on any atom is -0.497 e. The van der Waals surface area contributed by atoms with Gasteiger partial charge in [0.2, 0.25) is 0 Å². The lowest BCUT2D eigenvalue weighted by molar-refractivity contribution is 0.279. The Bertz CT molecular complexity index is 351. The van der Waals surface area contributed by atoms with Crippen molar-refractivity contribution in [2.45, 2.75) is 45.2 Å². The number of methoxy groups -OCH3 is 1. The lowest BCUT2D eigenvalue weighted by atomic mass is 9.86. The molecule has 0 saturated heterocycles. The lowest BCUT2D eigenvalue weighted by Crippen LogP contribution is -2.36. The van der Waals surface area contributed by atoms with E-state index in [1.165, 1.54) is 31.2 Å². The molecular weight excluding hydrogens is 210 g/mol. The van der Waals surface area contributed by atoms with Crippen LogP contribution in [-0.2, 0) is 6.54 Å². The Kier molecular flexibility index (Phi) is 4.43. The Labute approximate surface area is 104 Å². The molecular formula is C15H23NO. The summed E-state index contributed by atoms with van der Waals surface area (Å²) in [6.45, 7) is 3.31. The zero-order chi connectivity index (χ0) is 12.1. The van der Waals surface area contributed by atoms with Crippen LogP contribution >= 0.6 is 0 Å². The molecule has 1 fully saturated rings. The van der Waals surface area contributed by atoms with Crippen LogP contribution in [0.25, 0.3) is 0 Å². The summed E-state index contributed by atoms with van der Waals surface area (Å²) in [5.74, 6) is 1.76. The van der Waals surface area contributed by atoms with Crippen LogP contribution in [0.4, 0.5) is 0 Å². The molecule has 0 aromatic heterocycles. The maximum absolute atomic E-state index is 5.24. The molecule has 1 aromatic rings. The molecule has 2 nitrogen and oxygen atoms in total. The maximum atomic E-state index is 5.24. The molecule has 2 heteroatoms. The fourth-order valence-corrected chi connectivity index (χ4v) is 2.65. The second kappa shape index (κ2) is 6.06. The predicted molar refractivity (Wildman–Crippen MR) is 71.3 cm³/mol. The van der Waals surface area contributed by atoms with E-state index in [0.717, 1.165) is 18.2 Å². The van der Waals surface area contributed by atoms with E-state index in [9.17, 15) is 0 Å². The zero-order valence-electron chi connectivity index (χ0n) is 10.9. The molecule has 1 aromatic carbocycles. The first-order valence-corrected chi connectivity index (χ1v) is 6.66. The third kappa shape index (κ3) is 3.47. The smallest absolute Gasteiger partial charge is 0.119 e.